The minimum absolute atomic E-state index is 0.489. The van der Waals surface area contributed by atoms with Gasteiger partial charge in [0, 0.05) is 0 Å². The second kappa shape index (κ2) is 4.73. The molecule has 1 rings (SSSR count). The van der Waals surface area contributed by atoms with E-state index in [1.807, 2.05) is 6.07 Å². The van der Waals surface area contributed by atoms with E-state index in [1.54, 1.807) is 6.20 Å². The normalized spacial score (nSPS) is 9.92. The predicted octanol–water partition coefficient (Wildman–Crippen LogP) is 1.32. The average Bonchev–Trinajstić information content (AvgIpc) is 2.08. The van der Waals surface area contributed by atoms with Gasteiger partial charge in [-0.15, -0.1) is 0 Å². The molecule has 0 aliphatic carbocycles. The van der Waals surface area contributed by atoms with Crippen molar-refractivity contribution in [2.24, 2.45) is 0 Å². The Kier molecular flexibility index (Phi) is 3.90. The van der Waals surface area contributed by atoms with Gasteiger partial charge in [-0.3, -0.25) is 0 Å². The fourth-order valence-corrected chi connectivity index (χ4v) is 1.30. The van der Waals surface area contributed by atoms with E-state index in [-0.39, 0.29) is 0 Å². The van der Waals surface area contributed by atoms with Gasteiger partial charge in [0.25, 0.3) is 0 Å². The molecule has 0 spiro atoms. The van der Waals surface area contributed by atoms with Crippen molar-refractivity contribution in [1.82, 2.24) is 4.98 Å². The number of rotatable bonds is 3. The first-order chi connectivity index (χ1) is 5.75. The van der Waals surface area contributed by atoms with Gasteiger partial charge in [-0.2, -0.15) is 0 Å². The Hall–Kier alpha value is -0.202. The topological polar surface area (TPSA) is 22.1 Å². The molecule has 0 aliphatic heterocycles. The Bertz CT molecular complexity index is 267. The molecule has 2 radical (unpaired) electrons. The van der Waals surface area contributed by atoms with Crippen LogP contribution in [0.5, 0.6) is 5.75 Å². The van der Waals surface area contributed by atoms with Crippen LogP contribution in [0, 0.1) is 0 Å². The van der Waals surface area contributed by atoms with E-state index in [2.05, 4.69) is 28.8 Å². The molecule has 0 saturated carbocycles. The van der Waals surface area contributed by atoms with E-state index in [0.717, 1.165) is 16.5 Å². The van der Waals surface area contributed by atoms with Gasteiger partial charge in [-0.25, -0.2) is 0 Å². The Morgan fingerprint density at radius 1 is 1.67 bits per heavy atom. The molecule has 4 heteroatoms. The van der Waals surface area contributed by atoms with Gasteiger partial charge in [-0.1, -0.05) is 0 Å². The molecule has 64 valence electrons. The van der Waals surface area contributed by atoms with E-state index in [0.29, 0.717) is 11.8 Å². The molecule has 0 saturated heterocycles. The standard InChI is InChI=1S/C8H9AsClNO/c1-2-5-12-6-3-4-11-8(10)7(6)9/h3-4H,2,5H2,1H3. The zero-order valence-electron chi connectivity index (χ0n) is 6.75. The van der Waals surface area contributed by atoms with Crippen LogP contribution >= 0.6 is 11.6 Å². The fraction of sp³-hybridized carbons (Fsp3) is 0.375. The SMILES string of the molecule is CCCOc1ccnc(Cl)c1[As]. The summed E-state index contributed by atoms with van der Waals surface area (Å²) >= 11 is 8.15. The van der Waals surface area contributed by atoms with Crippen LogP contribution in [0.15, 0.2) is 12.3 Å². The molecular formula is C8H9AsClNO. The molecule has 0 aliphatic rings. The second-order valence-electron chi connectivity index (χ2n) is 2.30. The monoisotopic (exact) mass is 245 g/mol. The molecule has 0 fully saturated rings. The van der Waals surface area contributed by atoms with Crippen molar-refractivity contribution in [3.05, 3.63) is 17.4 Å². The third-order valence-corrected chi connectivity index (χ3v) is 2.79. The second-order valence-corrected chi connectivity index (χ2v) is 3.59. The van der Waals surface area contributed by atoms with E-state index < -0.39 is 0 Å². The third-order valence-electron chi connectivity index (χ3n) is 1.30. The summed E-state index contributed by atoms with van der Waals surface area (Å²) < 4.78 is 6.27. The van der Waals surface area contributed by atoms with Crippen LogP contribution < -0.4 is 9.09 Å². The van der Waals surface area contributed by atoms with Crippen molar-refractivity contribution >= 4 is 32.8 Å². The fourth-order valence-electron chi connectivity index (χ4n) is 0.741. The van der Waals surface area contributed by atoms with Crippen LogP contribution in [0.3, 0.4) is 0 Å². The molecule has 0 atom stereocenters. The molecule has 0 amide bonds. The van der Waals surface area contributed by atoms with Crippen LogP contribution in [0.4, 0.5) is 0 Å². The summed E-state index contributed by atoms with van der Waals surface area (Å²) in [4.78, 5) is 3.92. The van der Waals surface area contributed by atoms with E-state index >= 15 is 0 Å². The minimum atomic E-state index is 0.489. The van der Waals surface area contributed by atoms with Gasteiger partial charge in [0.1, 0.15) is 0 Å². The Labute approximate surface area is 85.8 Å². The Morgan fingerprint density at radius 2 is 2.42 bits per heavy atom. The van der Waals surface area contributed by atoms with E-state index in [9.17, 15) is 0 Å². The van der Waals surface area contributed by atoms with Crippen molar-refractivity contribution in [2.75, 3.05) is 6.61 Å². The summed E-state index contributed by atoms with van der Waals surface area (Å²) in [6, 6.07) is 1.81. The molecule has 1 aromatic rings. The molecule has 0 aromatic carbocycles. The van der Waals surface area contributed by atoms with Crippen LogP contribution in [0.2, 0.25) is 5.15 Å². The number of nitrogens with zero attached hydrogens (tertiary/aromatic N) is 1. The van der Waals surface area contributed by atoms with Crippen LogP contribution in [-0.4, -0.2) is 28.4 Å². The van der Waals surface area contributed by atoms with Crippen LogP contribution in [-0.2, 0) is 0 Å². The molecular weight excluding hydrogens is 236 g/mol. The first-order valence-electron chi connectivity index (χ1n) is 3.72. The van der Waals surface area contributed by atoms with Gasteiger partial charge in [0.2, 0.25) is 0 Å². The van der Waals surface area contributed by atoms with Gasteiger partial charge < -0.3 is 0 Å². The number of hydrogen-bond acceptors (Lipinski definition) is 2. The summed E-state index contributed by atoms with van der Waals surface area (Å²) in [5.41, 5.74) is 0. The maximum absolute atomic E-state index is 5.79. The van der Waals surface area contributed by atoms with Crippen molar-refractivity contribution in [3.8, 4) is 5.75 Å². The maximum atomic E-state index is 5.79. The summed E-state index contributed by atoms with van der Waals surface area (Å²) in [6.07, 6.45) is 2.64. The molecule has 12 heavy (non-hydrogen) atoms. The number of ether oxygens (including phenoxy) is 1. The van der Waals surface area contributed by atoms with Crippen molar-refractivity contribution in [3.63, 3.8) is 0 Å². The van der Waals surface area contributed by atoms with Gasteiger partial charge in [0.05, 0.1) is 0 Å². The summed E-state index contributed by atoms with van der Waals surface area (Å²) in [6.45, 7) is 2.78. The first-order valence-corrected chi connectivity index (χ1v) is 5.03. The van der Waals surface area contributed by atoms with Gasteiger partial charge in [-0.05, 0) is 0 Å². The quantitative estimate of drug-likeness (QED) is 0.592. The zero-order chi connectivity index (χ0) is 8.97. The molecule has 0 unspecified atom stereocenters. The predicted molar refractivity (Wildman–Crippen MR) is 50.4 cm³/mol. The number of hydrogen-bond donors (Lipinski definition) is 0. The van der Waals surface area contributed by atoms with Crippen LogP contribution in [0.1, 0.15) is 13.3 Å². The van der Waals surface area contributed by atoms with Crippen molar-refractivity contribution < 1.29 is 4.74 Å². The van der Waals surface area contributed by atoms with Crippen molar-refractivity contribution in [2.45, 2.75) is 13.3 Å². The molecule has 1 aromatic heterocycles. The Morgan fingerprint density at radius 3 is 3.08 bits per heavy atom. The molecule has 0 N–H and O–H groups in total. The van der Waals surface area contributed by atoms with E-state index in [4.69, 9.17) is 16.3 Å². The number of aromatic nitrogens is 1. The number of halogens is 1. The summed E-state index contributed by atoms with van der Waals surface area (Å²) in [5.74, 6) is 0.803. The van der Waals surface area contributed by atoms with Gasteiger partial charge in [0.15, 0.2) is 0 Å². The van der Waals surface area contributed by atoms with Crippen molar-refractivity contribution in [1.29, 1.82) is 0 Å². The summed E-state index contributed by atoms with van der Waals surface area (Å²) in [7, 11) is 0. The molecule has 2 nitrogen and oxygen atoms in total. The summed E-state index contributed by atoms with van der Waals surface area (Å²) in [5, 5.41) is 0.489. The van der Waals surface area contributed by atoms with Gasteiger partial charge >= 0.3 is 85.6 Å². The first kappa shape index (κ1) is 9.88. The Balaban J connectivity index is 2.78. The third kappa shape index (κ3) is 2.39. The zero-order valence-corrected chi connectivity index (χ0v) is 9.38. The van der Waals surface area contributed by atoms with E-state index in [1.165, 1.54) is 0 Å². The average molecular weight is 246 g/mol. The van der Waals surface area contributed by atoms with Crippen LogP contribution in [0.25, 0.3) is 0 Å². The molecule has 1 heterocycles. The molecule has 0 bridgehead atoms. The number of pyridine rings is 1.